The van der Waals surface area contributed by atoms with E-state index in [9.17, 15) is 0 Å². The molecule has 0 fully saturated rings. The van der Waals surface area contributed by atoms with Gasteiger partial charge in [-0.1, -0.05) is 19.1 Å². The highest BCUT2D eigenvalue weighted by molar-refractivity contribution is 4.91. The molecule has 1 heterocycles. The third-order valence-electron chi connectivity index (χ3n) is 3.12. The first kappa shape index (κ1) is 16.1. The average molecular weight is 269 g/mol. The lowest BCUT2D eigenvalue weighted by Gasteiger charge is -2.23. The molecule has 0 aliphatic carbocycles. The van der Waals surface area contributed by atoms with Gasteiger partial charge in [-0.25, -0.2) is 0 Å². The van der Waals surface area contributed by atoms with Crippen molar-refractivity contribution >= 4 is 0 Å². The molecule has 19 heavy (non-hydrogen) atoms. The third kappa shape index (κ3) is 6.13. The van der Waals surface area contributed by atoms with Gasteiger partial charge in [-0.15, -0.1) is 5.10 Å². The van der Waals surface area contributed by atoms with Gasteiger partial charge in [0.1, 0.15) is 0 Å². The molecule has 1 unspecified atom stereocenters. The topological polar surface area (TPSA) is 55.2 Å². The van der Waals surface area contributed by atoms with Crippen LogP contribution in [0.1, 0.15) is 26.5 Å². The van der Waals surface area contributed by atoms with Gasteiger partial charge in [0.2, 0.25) is 0 Å². The molecule has 0 spiro atoms. The summed E-state index contributed by atoms with van der Waals surface area (Å²) < 4.78 is 7.05. The van der Waals surface area contributed by atoms with E-state index in [1.54, 1.807) is 7.11 Å². The van der Waals surface area contributed by atoms with Crippen LogP contribution in [0.15, 0.2) is 6.20 Å². The molecule has 0 saturated heterocycles. The quantitative estimate of drug-likeness (QED) is 0.717. The van der Waals surface area contributed by atoms with Crippen molar-refractivity contribution in [2.75, 3.05) is 27.3 Å². The molecule has 1 rings (SSSR count). The summed E-state index contributed by atoms with van der Waals surface area (Å²) in [4.78, 5) is 2.26. The zero-order chi connectivity index (χ0) is 14.3. The van der Waals surface area contributed by atoms with Crippen LogP contribution < -0.4 is 5.32 Å². The SMILES string of the molecule is COCC(C)N(C)CCn1cc(CNC(C)C)nn1. The van der Waals surface area contributed by atoms with E-state index in [-0.39, 0.29) is 0 Å². The minimum absolute atomic E-state index is 0.413. The summed E-state index contributed by atoms with van der Waals surface area (Å²) in [6, 6.07) is 0.877. The smallest absolute Gasteiger partial charge is 0.0964 e. The molecule has 1 aromatic heterocycles. The van der Waals surface area contributed by atoms with E-state index in [0.29, 0.717) is 12.1 Å². The van der Waals surface area contributed by atoms with Crippen LogP contribution in [-0.2, 0) is 17.8 Å². The Balaban J connectivity index is 2.33. The van der Waals surface area contributed by atoms with E-state index in [1.165, 1.54) is 0 Å². The normalized spacial score (nSPS) is 13.4. The van der Waals surface area contributed by atoms with Gasteiger partial charge in [0.25, 0.3) is 0 Å². The van der Waals surface area contributed by atoms with Crippen molar-refractivity contribution in [3.8, 4) is 0 Å². The van der Waals surface area contributed by atoms with Crippen molar-refractivity contribution in [2.24, 2.45) is 0 Å². The van der Waals surface area contributed by atoms with Crippen LogP contribution in [0, 0.1) is 0 Å². The monoisotopic (exact) mass is 269 g/mol. The van der Waals surface area contributed by atoms with Crippen molar-refractivity contribution in [2.45, 2.75) is 45.9 Å². The zero-order valence-electron chi connectivity index (χ0n) is 12.8. The standard InChI is InChI=1S/C13H27N5O/c1-11(2)14-8-13-9-18(16-15-13)7-6-17(4)12(3)10-19-5/h9,11-12,14H,6-8,10H2,1-5H3. The van der Waals surface area contributed by atoms with Crippen molar-refractivity contribution in [1.82, 2.24) is 25.2 Å². The Bertz CT molecular complexity index is 353. The van der Waals surface area contributed by atoms with Crippen molar-refractivity contribution in [3.05, 3.63) is 11.9 Å². The van der Waals surface area contributed by atoms with E-state index < -0.39 is 0 Å². The highest BCUT2D eigenvalue weighted by Gasteiger charge is 2.09. The number of aromatic nitrogens is 3. The Kier molecular flexibility index (Phi) is 6.97. The summed E-state index contributed by atoms with van der Waals surface area (Å²) in [5.74, 6) is 0. The van der Waals surface area contributed by atoms with Crippen molar-refractivity contribution < 1.29 is 4.74 Å². The van der Waals surface area contributed by atoms with Crippen LogP contribution in [0.25, 0.3) is 0 Å². The maximum absolute atomic E-state index is 5.15. The van der Waals surface area contributed by atoms with E-state index in [0.717, 1.165) is 31.9 Å². The molecule has 0 saturated carbocycles. The molecule has 0 amide bonds. The van der Waals surface area contributed by atoms with E-state index >= 15 is 0 Å². The van der Waals surface area contributed by atoms with E-state index in [2.05, 4.69) is 48.3 Å². The van der Waals surface area contributed by atoms with E-state index in [1.807, 2.05) is 10.9 Å². The molecule has 0 bridgehead atoms. The molecule has 1 atom stereocenters. The molecule has 0 aliphatic rings. The Morgan fingerprint density at radius 3 is 2.79 bits per heavy atom. The molecular formula is C13H27N5O. The van der Waals surface area contributed by atoms with Crippen LogP contribution in [0.3, 0.4) is 0 Å². The number of nitrogens with one attached hydrogen (secondary N) is 1. The van der Waals surface area contributed by atoms with Crippen molar-refractivity contribution in [3.63, 3.8) is 0 Å². The molecule has 110 valence electrons. The number of nitrogens with zero attached hydrogens (tertiary/aromatic N) is 4. The molecule has 0 aromatic carbocycles. The lowest BCUT2D eigenvalue weighted by atomic mass is 10.3. The number of ether oxygens (including phenoxy) is 1. The molecule has 0 radical (unpaired) electrons. The van der Waals surface area contributed by atoms with Gasteiger partial charge in [0.05, 0.1) is 18.8 Å². The Labute approximate surface area is 116 Å². The summed E-state index contributed by atoms with van der Waals surface area (Å²) >= 11 is 0. The minimum Gasteiger partial charge on any atom is -0.383 e. The maximum Gasteiger partial charge on any atom is 0.0964 e. The first-order chi connectivity index (χ1) is 9.02. The number of likely N-dealkylation sites (N-methyl/N-ethyl adjacent to an activating group) is 1. The zero-order valence-corrected chi connectivity index (χ0v) is 12.8. The molecule has 6 nitrogen and oxygen atoms in total. The van der Waals surface area contributed by atoms with Crippen LogP contribution in [0.2, 0.25) is 0 Å². The highest BCUT2D eigenvalue weighted by Crippen LogP contribution is 1.98. The van der Waals surface area contributed by atoms with Gasteiger partial charge in [0, 0.05) is 38.5 Å². The van der Waals surface area contributed by atoms with Gasteiger partial charge < -0.3 is 10.1 Å². The predicted octanol–water partition coefficient (Wildman–Crippen LogP) is 0.743. The number of methoxy groups -OCH3 is 1. The maximum atomic E-state index is 5.15. The predicted molar refractivity (Wildman–Crippen MR) is 76.0 cm³/mol. The fraction of sp³-hybridized carbons (Fsp3) is 0.846. The second kappa shape index (κ2) is 8.24. The lowest BCUT2D eigenvalue weighted by Crippen LogP contribution is -2.35. The first-order valence-corrected chi connectivity index (χ1v) is 6.84. The van der Waals surface area contributed by atoms with E-state index in [4.69, 9.17) is 4.74 Å². The molecule has 1 aromatic rings. The summed E-state index contributed by atoms with van der Waals surface area (Å²) in [5, 5.41) is 11.6. The molecular weight excluding hydrogens is 242 g/mol. The second-order valence-corrected chi connectivity index (χ2v) is 5.29. The fourth-order valence-electron chi connectivity index (χ4n) is 1.69. The van der Waals surface area contributed by atoms with Crippen LogP contribution in [-0.4, -0.2) is 59.3 Å². The molecule has 1 N–H and O–H groups in total. The third-order valence-corrected chi connectivity index (χ3v) is 3.12. The Morgan fingerprint density at radius 2 is 2.16 bits per heavy atom. The van der Waals surface area contributed by atoms with Crippen LogP contribution >= 0.6 is 0 Å². The number of hydrogen-bond donors (Lipinski definition) is 1. The van der Waals surface area contributed by atoms with Gasteiger partial charge in [-0.05, 0) is 14.0 Å². The second-order valence-electron chi connectivity index (χ2n) is 5.29. The first-order valence-electron chi connectivity index (χ1n) is 6.84. The highest BCUT2D eigenvalue weighted by atomic mass is 16.5. The molecule has 6 heteroatoms. The molecule has 0 aliphatic heterocycles. The minimum atomic E-state index is 0.413. The Morgan fingerprint density at radius 1 is 1.42 bits per heavy atom. The average Bonchev–Trinajstić information content (AvgIpc) is 2.81. The van der Waals surface area contributed by atoms with Gasteiger partial charge >= 0.3 is 0 Å². The van der Waals surface area contributed by atoms with Crippen LogP contribution in [0.5, 0.6) is 0 Å². The van der Waals surface area contributed by atoms with Crippen LogP contribution in [0.4, 0.5) is 0 Å². The Hall–Kier alpha value is -0.980. The summed E-state index contributed by atoms with van der Waals surface area (Å²) in [6.45, 7) is 9.70. The van der Waals surface area contributed by atoms with Gasteiger partial charge in [-0.2, -0.15) is 0 Å². The van der Waals surface area contributed by atoms with Gasteiger partial charge in [-0.3, -0.25) is 9.58 Å². The largest absolute Gasteiger partial charge is 0.383 e. The van der Waals surface area contributed by atoms with Crippen molar-refractivity contribution in [1.29, 1.82) is 0 Å². The lowest BCUT2D eigenvalue weighted by molar-refractivity contribution is 0.113. The summed E-state index contributed by atoms with van der Waals surface area (Å²) in [7, 11) is 3.83. The summed E-state index contributed by atoms with van der Waals surface area (Å²) in [5.41, 5.74) is 0.987. The number of hydrogen-bond acceptors (Lipinski definition) is 5. The number of rotatable bonds is 9. The fourth-order valence-corrected chi connectivity index (χ4v) is 1.69. The van der Waals surface area contributed by atoms with Gasteiger partial charge in [0.15, 0.2) is 0 Å². The summed E-state index contributed by atoms with van der Waals surface area (Å²) in [6.07, 6.45) is 2.00.